The van der Waals surface area contributed by atoms with Gasteiger partial charge in [0.05, 0.1) is 19.3 Å². The molecular weight excluding hydrogens is 376 g/mol. The summed E-state index contributed by atoms with van der Waals surface area (Å²) in [5.74, 6) is 0.824. The molecule has 1 atom stereocenters. The summed E-state index contributed by atoms with van der Waals surface area (Å²) in [5, 5.41) is 7.36. The fourth-order valence-electron chi connectivity index (χ4n) is 2.77. The molecule has 0 bridgehead atoms. The second kappa shape index (κ2) is 6.64. The van der Waals surface area contributed by atoms with Gasteiger partial charge in [-0.05, 0) is 32.0 Å². The maximum Gasteiger partial charge on any atom is 0.338 e. The van der Waals surface area contributed by atoms with Gasteiger partial charge in [-0.2, -0.15) is 10.1 Å². The van der Waals surface area contributed by atoms with Crippen LogP contribution in [0, 0.1) is 0 Å². The maximum atomic E-state index is 12.4. The molecule has 1 unspecified atom stereocenters. The minimum atomic E-state index is -0.491. The molecule has 0 saturated carbocycles. The van der Waals surface area contributed by atoms with E-state index in [0.717, 1.165) is 10.0 Å². The highest BCUT2D eigenvalue weighted by Crippen LogP contribution is 2.40. The summed E-state index contributed by atoms with van der Waals surface area (Å²) < 4.78 is 13.3. The Hall–Kier alpha value is -2.35. The molecule has 1 aromatic carbocycles. The molecule has 0 saturated heterocycles. The van der Waals surface area contributed by atoms with Gasteiger partial charge >= 0.3 is 5.97 Å². The van der Waals surface area contributed by atoms with Crippen LogP contribution in [0.5, 0.6) is 5.75 Å². The SMILES string of the molecule is CCOc1ccc(Br)cc1C1C(C(=O)OC)=C(C)Nc2ncnn21. The number of allylic oxidation sites excluding steroid dienone is 1. The first-order chi connectivity index (χ1) is 11.6. The van der Waals surface area contributed by atoms with Crippen LogP contribution in [0.15, 0.2) is 40.3 Å². The Labute approximate surface area is 147 Å². The van der Waals surface area contributed by atoms with Crippen LogP contribution in [0.2, 0.25) is 0 Å². The van der Waals surface area contributed by atoms with E-state index in [9.17, 15) is 4.79 Å². The lowest BCUT2D eigenvalue weighted by molar-refractivity contribution is -0.136. The Bertz CT molecular complexity index is 815. The van der Waals surface area contributed by atoms with E-state index < -0.39 is 12.0 Å². The van der Waals surface area contributed by atoms with E-state index in [1.807, 2.05) is 32.0 Å². The van der Waals surface area contributed by atoms with Crippen LogP contribution in [0.1, 0.15) is 25.5 Å². The molecule has 126 valence electrons. The Morgan fingerprint density at radius 3 is 2.96 bits per heavy atom. The molecule has 0 spiro atoms. The summed E-state index contributed by atoms with van der Waals surface area (Å²) in [7, 11) is 1.36. The van der Waals surface area contributed by atoms with Crippen molar-refractivity contribution in [3.05, 3.63) is 45.8 Å². The third-order valence-electron chi connectivity index (χ3n) is 3.77. The summed E-state index contributed by atoms with van der Waals surface area (Å²) >= 11 is 3.49. The monoisotopic (exact) mass is 392 g/mol. The largest absolute Gasteiger partial charge is 0.494 e. The van der Waals surface area contributed by atoms with Crippen LogP contribution < -0.4 is 10.1 Å². The second-order valence-electron chi connectivity index (χ2n) is 5.20. The van der Waals surface area contributed by atoms with Crippen LogP contribution in [0.4, 0.5) is 5.95 Å². The van der Waals surface area contributed by atoms with Crippen LogP contribution >= 0.6 is 15.9 Å². The average molecular weight is 393 g/mol. The van der Waals surface area contributed by atoms with E-state index >= 15 is 0 Å². The number of rotatable bonds is 4. The van der Waals surface area contributed by atoms with Crippen molar-refractivity contribution in [2.45, 2.75) is 19.9 Å². The molecule has 1 aliphatic rings. The first-order valence-electron chi connectivity index (χ1n) is 7.44. The first-order valence-corrected chi connectivity index (χ1v) is 8.24. The van der Waals surface area contributed by atoms with Crippen LogP contribution in [0.25, 0.3) is 0 Å². The number of anilines is 1. The molecule has 0 amide bonds. The van der Waals surface area contributed by atoms with Gasteiger partial charge in [-0.25, -0.2) is 9.48 Å². The van der Waals surface area contributed by atoms with Gasteiger partial charge in [0.2, 0.25) is 5.95 Å². The van der Waals surface area contributed by atoms with Crippen molar-refractivity contribution >= 4 is 27.8 Å². The summed E-state index contributed by atoms with van der Waals surface area (Å²) in [6.07, 6.45) is 1.45. The number of carbonyl (C=O) groups excluding carboxylic acids is 1. The van der Waals surface area contributed by atoms with Gasteiger partial charge < -0.3 is 14.8 Å². The Kier molecular flexibility index (Phi) is 4.57. The van der Waals surface area contributed by atoms with Crippen molar-refractivity contribution < 1.29 is 14.3 Å². The molecule has 1 aliphatic heterocycles. The zero-order chi connectivity index (χ0) is 17.3. The van der Waals surface area contributed by atoms with Crippen molar-refractivity contribution in [2.24, 2.45) is 0 Å². The molecular formula is C16H17BrN4O3. The van der Waals surface area contributed by atoms with Gasteiger partial charge in [-0.1, -0.05) is 15.9 Å². The van der Waals surface area contributed by atoms with E-state index in [0.29, 0.717) is 29.6 Å². The maximum absolute atomic E-state index is 12.4. The lowest BCUT2D eigenvalue weighted by atomic mass is 9.95. The smallest absolute Gasteiger partial charge is 0.338 e. The molecule has 1 N–H and O–H groups in total. The van der Waals surface area contributed by atoms with Crippen molar-refractivity contribution in [3.63, 3.8) is 0 Å². The van der Waals surface area contributed by atoms with Gasteiger partial charge in [0.1, 0.15) is 18.1 Å². The lowest BCUT2D eigenvalue weighted by Crippen LogP contribution is -2.29. The zero-order valence-corrected chi connectivity index (χ0v) is 15.1. The average Bonchev–Trinajstić information content (AvgIpc) is 3.02. The number of methoxy groups -OCH3 is 1. The van der Waals surface area contributed by atoms with Crippen molar-refractivity contribution in [1.82, 2.24) is 14.8 Å². The normalized spacial score (nSPS) is 16.4. The van der Waals surface area contributed by atoms with Gasteiger partial charge in [0.25, 0.3) is 0 Å². The molecule has 7 nitrogen and oxygen atoms in total. The second-order valence-corrected chi connectivity index (χ2v) is 6.12. The standard InChI is InChI=1S/C16H17BrN4O3/c1-4-24-12-6-5-10(17)7-11(12)14-13(15(22)23-3)9(2)20-16-18-8-19-21(14)16/h5-8,14H,4H2,1-3H3,(H,18,19,20). The molecule has 2 heterocycles. The van der Waals surface area contributed by atoms with Crippen LogP contribution in [-0.2, 0) is 9.53 Å². The predicted molar refractivity (Wildman–Crippen MR) is 91.8 cm³/mol. The van der Waals surface area contributed by atoms with E-state index in [-0.39, 0.29) is 0 Å². The molecule has 1 aromatic heterocycles. The highest BCUT2D eigenvalue weighted by molar-refractivity contribution is 9.10. The van der Waals surface area contributed by atoms with Crippen molar-refractivity contribution in [1.29, 1.82) is 0 Å². The number of hydrogen-bond acceptors (Lipinski definition) is 6. The van der Waals surface area contributed by atoms with Crippen LogP contribution in [0.3, 0.4) is 0 Å². The van der Waals surface area contributed by atoms with Crippen molar-refractivity contribution in [3.8, 4) is 5.75 Å². The quantitative estimate of drug-likeness (QED) is 0.805. The van der Waals surface area contributed by atoms with E-state index in [4.69, 9.17) is 9.47 Å². The summed E-state index contributed by atoms with van der Waals surface area (Å²) in [5.41, 5.74) is 1.95. The number of ether oxygens (including phenoxy) is 2. The number of carbonyl (C=O) groups is 1. The molecule has 0 radical (unpaired) electrons. The summed E-state index contributed by atoms with van der Waals surface area (Å²) in [6.45, 7) is 4.24. The Balaban J connectivity index is 2.23. The number of benzene rings is 1. The van der Waals surface area contributed by atoms with Gasteiger partial charge in [-0.3, -0.25) is 0 Å². The van der Waals surface area contributed by atoms with Crippen LogP contribution in [-0.4, -0.2) is 34.5 Å². The molecule has 2 aromatic rings. The van der Waals surface area contributed by atoms with E-state index in [2.05, 4.69) is 31.3 Å². The number of halogens is 1. The van der Waals surface area contributed by atoms with Crippen molar-refractivity contribution in [2.75, 3.05) is 19.0 Å². The number of esters is 1. The molecule has 8 heteroatoms. The number of fused-ring (bicyclic) bond motifs is 1. The molecule has 0 fully saturated rings. The number of nitrogens with one attached hydrogen (secondary N) is 1. The summed E-state index contributed by atoms with van der Waals surface area (Å²) in [6, 6.07) is 5.19. The molecule has 0 aliphatic carbocycles. The van der Waals surface area contributed by atoms with Gasteiger partial charge in [0, 0.05) is 15.7 Å². The summed E-state index contributed by atoms with van der Waals surface area (Å²) in [4.78, 5) is 16.6. The van der Waals surface area contributed by atoms with E-state index in [1.165, 1.54) is 13.4 Å². The minimum absolute atomic E-state index is 0.423. The Morgan fingerprint density at radius 1 is 1.46 bits per heavy atom. The third kappa shape index (κ3) is 2.77. The van der Waals surface area contributed by atoms with Gasteiger partial charge in [0.15, 0.2) is 0 Å². The topological polar surface area (TPSA) is 78.3 Å². The first kappa shape index (κ1) is 16.5. The predicted octanol–water partition coefficient (Wildman–Crippen LogP) is 2.90. The number of hydrogen-bond donors (Lipinski definition) is 1. The fraction of sp³-hybridized carbons (Fsp3) is 0.312. The van der Waals surface area contributed by atoms with Gasteiger partial charge in [-0.15, -0.1) is 0 Å². The molecule has 3 rings (SSSR count). The number of nitrogens with zero attached hydrogens (tertiary/aromatic N) is 3. The Morgan fingerprint density at radius 2 is 2.25 bits per heavy atom. The van der Waals surface area contributed by atoms with E-state index in [1.54, 1.807) is 4.68 Å². The third-order valence-corrected chi connectivity index (χ3v) is 4.26. The highest BCUT2D eigenvalue weighted by atomic mass is 79.9. The number of aromatic nitrogens is 3. The molecule has 24 heavy (non-hydrogen) atoms. The zero-order valence-electron chi connectivity index (χ0n) is 13.5. The highest BCUT2D eigenvalue weighted by Gasteiger charge is 2.35. The minimum Gasteiger partial charge on any atom is -0.494 e. The fourth-order valence-corrected chi connectivity index (χ4v) is 3.15. The lowest BCUT2D eigenvalue weighted by Gasteiger charge is -2.29.